The van der Waals surface area contributed by atoms with Gasteiger partial charge in [0.25, 0.3) is 0 Å². The Hall–Kier alpha value is -3.51. The fraction of sp³-hybridized carbons (Fsp3) is 0.286. The maximum Gasteiger partial charge on any atom is 0.224 e. The molecule has 1 saturated heterocycles. The van der Waals surface area contributed by atoms with Crippen LogP contribution >= 0.6 is 0 Å². The number of piperidine rings is 1. The minimum Gasteiger partial charge on any atom is -0.355 e. The highest BCUT2D eigenvalue weighted by atomic mass is 19.1. The number of amides is 1. The van der Waals surface area contributed by atoms with Crippen molar-refractivity contribution in [3.63, 3.8) is 0 Å². The Bertz CT molecular complexity index is 1250. The normalized spacial score (nSPS) is 16.6. The molecule has 0 saturated carbocycles. The van der Waals surface area contributed by atoms with Crippen molar-refractivity contribution < 1.29 is 9.18 Å². The third kappa shape index (κ3) is 5.02. The molecule has 1 N–H and O–H groups in total. The molecule has 1 aromatic heterocycles. The summed E-state index contributed by atoms with van der Waals surface area (Å²) in [6.07, 6.45) is 2.72. The lowest BCUT2D eigenvalue weighted by Crippen LogP contribution is -2.43. The fourth-order valence-electron chi connectivity index (χ4n) is 4.79. The Morgan fingerprint density at radius 2 is 1.76 bits per heavy atom. The van der Waals surface area contributed by atoms with E-state index >= 15 is 0 Å². The number of nitrogens with zero attached hydrogens (tertiary/aromatic N) is 3. The molecule has 34 heavy (non-hydrogen) atoms. The zero-order chi connectivity index (χ0) is 23.3. The van der Waals surface area contributed by atoms with Crippen LogP contribution in [-0.2, 0) is 17.8 Å². The number of fused-ring (bicyclic) bond motifs is 1. The molecular weight excluding hydrogens is 427 g/mol. The summed E-state index contributed by atoms with van der Waals surface area (Å²) >= 11 is 0. The minimum absolute atomic E-state index is 0.0202. The van der Waals surface area contributed by atoms with Gasteiger partial charge in [-0.15, -0.1) is 0 Å². The van der Waals surface area contributed by atoms with Gasteiger partial charge in [0, 0.05) is 18.8 Å². The Labute approximate surface area is 199 Å². The van der Waals surface area contributed by atoms with Crippen molar-refractivity contribution in [3.05, 3.63) is 96.1 Å². The number of para-hydroxylation sites is 2. The largest absolute Gasteiger partial charge is 0.355 e. The van der Waals surface area contributed by atoms with Gasteiger partial charge in [0.1, 0.15) is 11.6 Å². The number of carbonyl (C=O) groups excluding carboxylic acids is 1. The van der Waals surface area contributed by atoms with Gasteiger partial charge >= 0.3 is 0 Å². The molecule has 0 radical (unpaired) electrons. The molecule has 1 atom stereocenters. The van der Waals surface area contributed by atoms with Crippen LogP contribution in [0.25, 0.3) is 16.7 Å². The van der Waals surface area contributed by atoms with Crippen LogP contribution in [0.3, 0.4) is 0 Å². The number of halogens is 1. The monoisotopic (exact) mass is 456 g/mol. The Morgan fingerprint density at radius 1 is 1.00 bits per heavy atom. The first kappa shape index (κ1) is 22.3. The van der Waals surface area contributed by atoms with Gasteiger partial charge in [-0.1, -0.05) is 42.5 Å². The summed E-state index contributed by atoms with van der Waals surface area (Å²) in [6, 6.07) is 24.7. The topological polar surface area (TPSA) is 50.2 Å². The van der Waals surface area contributed by atoms with E-state index in [1.54, 1.807) is 12.1 Å². The van der Waals surface area contributed by atoms with Gasteiger partial charge in [-0.3, -0.25) is 14.3 Å². The standard InChI is InChI=1S/C28H29FN4O/c29-23-12-14-24(15-13-23)33-26-11-5-4-10-25(26)31-27(33)20-32-18-6-9-22(19-32)28(34)30-17-16-21-7-2-1-3-8-21/h1-5,7-8,10-15,22H,6,9,16-20H2,(H,30,34)/t22-/m0/s1. The predicted molar refractivity (Wildman–Crippen MR) is 132 cm³/mol. The third-order valence-corrected chi connectivity index (χ3v) is 6.51. The summed E-state index contributed by atoms with van der Waals surface area (Å²) < 4.78 is 15.6. The maximum atomic E-state index is 13.5. The maximum absolute atomic E-state index is 13.5. The van der Waals surface area contributed by atoms with Gasteiger partial charge in [-0.2, -0.15) is 0 Å². The highest BCUT2D eigenvalue weighted by Crippen LogP contribution is 2.25. The number of carbonyl (C=O) groups is 1. The molecule has 2 heterocycles. The Balaban J connectivity index is 1.28. The van der Waals surface area contributed by atoms with Crippen LogP contribution in [-0.4, -0.2) is 40.0 Å². The zero-order valence-electron chi connectivity index (χ0n) is 19.2. The van der Waals surface area contributed by atoms with Crippen molar-refractivity contribution >= 4 is 16.9 Å². The second kappa shape index (κ2) is 10.2. The first-order chi connectivity index (χ1) is 16.7. The summed E-state index contributed by atoms with van der Waals surface area (Å²) in [4.78, 5) is 20.1. The molecular formula is C28H29FN4O. The van der Waals surface area contributed by atoms with E-state index in [0.717, 1.165) is 48.4 Å². The van der Waals surface area contributed by atoms with Crippen LogP contribution in [0.4, 0.5) is 4.39 Å². The van der Waals surface area contributed by atoms with E-state index < -0.39 is 0 Å². The number of hydrogen-bond acceptors (Lipinski definition) is 3. The summed E-state index contributed by atoms with van der Waals surface area (Å²) in [5.41, 5.74) is 4.02. The first-order valence-corrected chi connectivity index (χ1v) is 11.9. The average Bonchev–Trinajstić information content (AvgIpc) is 3.23. The molecule has 1 amide bonds. The summed E-state index contributed by atoms with van der Waals surface area (Å²) in [5, 5.41) is 3.13. The fourth-order valence-corrected chi connectivity index (χ4v) is 4.79. The van der Waals surface area contributed by atoms with E-state index in [9.17, 15) is 9.18 Å². The molecule has 5 rings (SSSR count). The van der Waals surface area contributed by atoms with Crippen molar-refractivity contribution in [1.29, 1.82) is 0 Å². The molecule has 0 unspecified atom stereocenters. The number of likely N-dealkylation sites (tertiary alicyclic amines) is 1. The highest BCUT2D eigenvalue weighted by Gasteiger charge is 2.27. The van der Waals surface area contributed by atoms with E-state index in [1.807, 2.05) is 42.5 Å². The van der Waals surface area contributed by atoms with Crippen molar-refractivity contribution in [1.82, 2.24) is 19.8 Å². The average molecular weight is 457 g/mol. The quantitative estimate of drug-likeness (QED) is 0.437. The zero-order valence-corrected chi connectivity index (χ0v) is 19.2. The smallest absolute Gasteiger partial charge is 0.224 e. The van der Waals surface area contributed by atoms with Crippen LogP contribution < -0.4 is 5.32 Å². The summed E-state index contributed by atoms with van der Waals surface area (Å²) in [7, 11) is 0. The SMILES string of the molecule is O=C(NCCc1ccccc1)[C@H]1CCCN(Cc2nc3ccccc3n2-c2ccc(F)cc2)C1. The van der Waals surface area contributed by atoms with E-state index in [2.05, 4.69) is 26.9 Å². The number of rotatable bonds is 7. The van der Waals surface area contributed by atoms with Crippen LogP contribution in [0.1, 0.15) is 24.2 Å². The van der Waals surface area contributed by atoms with Gasteiger partial charge < -0.3 is 5.32 Å². The molecule has 3 aromatic carbocycles. The second-order valence-electron chi connectivity index (χ2n) is 8.93. The number of nitrogens with one attached hydrogen (secondary N) is 1. The number of imidazole rings is 1. The van der Waals surface area contributed by atoms with E-state index in [1.165, 1.54) is 17.7 Å². The highest BCUT2D eigenvalue weighted by molar-refractivity contribution is 5.79. The number of hydrogen-bond donors (Lipinski definition) is 1. The molecule has 0 bridgehead atoms. The van der Waals surface area contributed by atoms with Gasteiger partial charge in [0.15, 0.2) is 0 Å². The lowest BCUT2D eigenvalue weighted by atomic mass is 9.97. The molecule has 5 nitrogen and oxygen atoms in total. The number of aromatic nitrogens is 2. The number of benzene rings is 3. The second-order valence-corrected chi connectivity index (χ2v) is 8.93. The Morgan fingerprint density at radius 3 is 2.59 bits per heavy atom. The van der Waals surface area contributed by atoms with Crippen LogP contribution in [0, 0.1) is 11.7 Å². The van der Waals surface area contributed by atoms with E-state index in [0.29, 0.717) is 19.6 Å². The molecule has 1 aliphatic rings. The summed E-state index contributed by atoms with van der Waals surface area (Å²) in [5.74, 6) is 0.755. The van der Waals surface area contributed by atoms with Crippen LogP contribution in [0.5, 0.6) is 0 Å². The lowest BCUT2D eigenvalue weighted by molar-refractivity contribution is -0.126. The van der Waals surface area contributed by atoms with Gasteiger partial charge in [-0.05, 0) is 67.8 Å². The van der Waals surface area contributed by atoms with Crippen molar-refractivity contribution in [2.24, 2.45) is 5.92 Å². The van der Waals surface area contributed by atoms with Gasteiger partial charge in [0.2, 0.25) is 5.91 Å². The molecule has 6 heteroatoms. The van der Waals surface area contributed by atoms with Crippen molar-refractivity contribution in [2.45, 2.75) is 25.8 Å². The molecule has 174 valence electrons. The third-order valence-electron chi connectivity index (χ3n) is 6.51. The Kier molecular flexibility index (Phi) is 6.67. The van der Waals surface area contributed by atoms with Crippen LogP contribution in [0.2, 0.25) is 0 Å². The molecule has 1 aliphatic heterocycles. The van der Waals surface area contributed by atoms with E-state index in [-0.39, 0.29) is 17.6 Å². The lowest BCUT2D eigenvalue weighted by Gasteiger charge is -2.31. The minimum atomic E-state index is -0.258. The molecule has 4 aromatic rings. The van der Waals surface area contributed by atoms with Gasteiger partial charge in [-0.25, -0.2) is 9.37 Å². The van der Waals surface area contributed by atoms with Crippen LogP contribution in [0.15, 0.2) is 78.9 Å². The van der Waals surface area contributed by atoms with E-state index in [4.69, 9.17) is 4.98 Å². The van der Waals surface area contributed by atoms with Crippen molar-refractivity contribution in [3.8, 4) is 5.69 Å². The molecule has 0 spiro atoms. The molecule has 1 fully saturated rings. The van der Waals surface area contributed by atoms with Gasteiger partial charge in [0.05, 0.1) is 23.5 Å². The molecule has 0 aliphatic carbocycles. The summed E-state index contributed by atoms with van der Waals surface area (Å²) in [6.45, 7) is 2.93. The first-order valence-electron chi connectivity index (χ1n) is 11.9. The van der Waals surface area contributed by atoms with Crippen molar-refractivity contribution in [2.75, 3.05) is 19.6 Å². The predicted octanol–water partition coefficient (Wildman–Crippen LogP) is 4.74.